The van der Waals surface area contributed by atoms with E-state index >= 15 is 4.39 Å². The minimum absolute atomic E-state index is 0.0984. The van der Waals surface area contributed by atoms with Crippen LogP contribution in [0.25, 0.3) is 0 Å². The summed E-state index contributed by atoms with van der Waals surface area (Å²) in [7, 11) is -4.57. The number of carbonyl (C=O) groups is 1. The standard InChI is InChI=1S/C30H29F8NO5S/c31-19-2-4-20(5-3-19)45(43,44)27-13-14-39(23(40)25-7-10-26(11-8-25,12-9-25)24(41)42)22(27)16-17-15-18(1-6-21(17)27)28(32,29(33,34)35)30(36,37)38/h1-6,15,22,24,41-42H,7-14,16H2. The number of halogens is 8. The molecule has 1 amide bonds. The lowest BCUT2D eigenvalue weighted by atomic mass is 9.53. The van der Waals surface area contributed by atoms with E-state index in [2.05, 4.69) is 0 Å². The maximum absolute atomic E-state index is 15.1. The van der Waals surface area contributed by atoms with E-state index in [4.69, 9.17) is 0 Å². The number of likely N-dealkylation sites (tertiary alicyclic amines) is 1. The highest BCUT2D eigenvalue weighted by Crippen LogP contribution is 2.62. The minimum atomic E-state index is -6.38. The van der Waals surface area contributed by atoms with Gasteiger partial charge in [-0.15, -0.1) is 0 Å². The van der Waals surface area contributed by atoms with E-state index in [1.54, 1.807) is 0 Å². The molecule has 1 saturated heterocycles. The third-order valence-electron chi connectivity index (χ3n) is 11.0. The molecular formula is C30H29F8NO5S. The zero-order valence-corrected chi connectivity index (χ0v) is 24.4. The maximum atomic E-state index is 15.1. The summed E-state index contributed by atoms with van der Waals surface area (Å²) in [6.07, 6.45) is -13.3. The normalized spacial score (nSPS) is 30.1. The van der Waals surface area contributed by atoms with Crippen LogP contribution in [0.3, 0.4) is 0 Å². The topological polar surface area (TPSA) is 94.9 Å². The number of alkyl halides is 7. The Hall–Kier alpha value is -2.78. The lowest BCUT2D eigenvalue weighted by Crippen LogP contribution is -2.56. The molecule has 3 saturated carbocycles. The van der Waals surface area contributed by atoms with Gasteiger partial charge in [0.1, 0.15) is 10.6 Å². The van der Waals surface area contributed by atoms with Gasteiger partial charge in [0, 0.05) is 22.9 Å². The van der Waals surface area contributed by atoms with Gasteiger partial charge < -0.3 is 15.1 Å². The quantitative estimate of drug-likeness (QED) is 0.246. The van der Waals surface area contributed by atoms with Crippen molar-refractivity contribution in [3.05, 3.63) is 65.0 Å². The summed E-state index contributed by atoms with van der Waals surface area (Å²) < 4.78 is 137. The van der Waals surface area contributed by atoms with E-state index in [0.29, 0.717) is 25.3 Å². The van der Waals surface area contributed by atoms with Crippen LogP contribution >= 0.6 is 0 Å². The Bertz CT molecular complexity index is 1600. The number of fused-ring (bicyclic) bond motifs is 6. The molecule has 1 heterocycles. The van der Waals surface area contributed by atoms with E-state index in [9.17, 15) is 54.2 Å². The molecule has 0 spiro atoms. The van der Waals surface area contributed by atoms with E-state index < -0.39 is 79.5 Å². The highest BCUT2D eigenvalue weighted by Gasteiger charge is 2.74. The number of aliphatic hydroxyl groups is 2. The molecule has 15 heteroatoms. The molecule has 2 aromatic rings. The molecule has 2 unspecified atom stereocenters. The van der Waals surface area contributed by atoms with Crippen molar-refractivity contribution >= 4 is 15.7 Å². The van der Waals surface area contributed by atoms with Crippen LogP contribution in [0.2, 0.25) is 0 Å². The largest absolute Gasteiger partial charge is 0.435 e. The minimum Gasteiger partial charge on any atom is -0.368 e. The summed E-state index contributed by atoms with van der Waals surface area (Å²) in [5.74, 6) is -1.18. The van der Waals surface area contributed by atoms with Crippen molar-refractivity contribution in [1.82, 2.24) is 4.90 Å². The molecule has 6 nitrogen and oxygen atoms in total. The summed E-state index contributed by atoms with van der Waals surface area (Å²) in [5, 5.41) is 19.9. The van der Waals surface area contributed by atoms with Crippen molar-refractivity contribution in [3.8, 4) is 0 Å². The Labute approximate surface area is 252 Å². The van der Waals surface area contributed by atoms with E-state index in [1.807, 2.05) is 0 Å². The average molecular weight is 668 g/mol. The molecule has 0 aromatic heterocycles. The summed E-state index contributed by atoms with van der Waals surface area (Å²) >= 11 is 0. The second-order valence-corrected chi connectivity index (χ2v) is 15.1. The van der Waals surface area contributed by atoms with Crippen molar-refractivity contribution in [1.29, 1.82) is 0 Å². The first-order valence-electron chi connectivity index (χ1n) is 14.4. The van der Waals surface area contributed by atoms with E-state index in [0.717, 1.165) is 30.3 Å². The van der Waals surface area contributed by atoms with Gasteiger partial charge in [-0.1, -0.05) is 18.2 Å². The predicted octanol–water partition coefficient (Wildman–Crippen LogP) is 5.59. The maximum Gasteiger partial charge on any atom is 0.435 e. The van der Waals surface area contributed by atoms with Gasteiger partial charge in [-0.2, -0.15) is 26.3 Å². The van der Waals surface area contributed by atoms with Gasteiger partial charge in [0.25, 0.3) is 0 Å². The van der Waals surface area contributed by atoms with Crippen LogP contribution in [0.1, 0.15) is 61.6 Å². The molecule has 0 radical (unpaired) electrons. The van der Waals surface area contributed by atoms with Crippen molar-refractivity contribution in [2.45, 2.75) is 91.4 Å². The van der Waals surface area contributed by atoms with Gasteiger partial charge in [0.05, 0.1) is 10.9 Å². The fourth-order valence-electron chi connectivity index (χ4n) is 8.29. The molecule has 2 N–H and O–H groups in total. The second kappa shape index (κ2) is 9.86. The number of sulfone groups is 1. The van der Waals surface area contributed by atoms with Crippen LogP contribution in [0.4, 0.5) is 35.1 Å². The van der Waals surface area contributed by atoms with Gasteiger partial charge >= 0.3 is 18.0 Å². The Kier molecular flexibility index (Phi) is 7.05. The molecule has 45 heavy (non-hydrogen) atoms. The number of benzene rings is 2. The van der Waals surface area contributed by atoms with Crippen molar-refractivity contribution in [2.24, 2.45) is 10.8 Å². The zero-order chi connectivity index (χ0) is 33.0. The molecule has 7 rings (SSSR count). The van der Waals surface area contributed by atoms with Gasteiger partial charge in [-0.05, 0) is 86.8 Å². The first kappa shape index (κ1) is 32.2. The van der Waals surface area contributed by atoms with Crippen LogP contribution in [0, 0.1) is 16.6 Å². The average Bonchev–Trinajstić information content (AvgIpc) is 3.52. The molecule has 246 valence electrons. The van der Waals surface area contributed by atoms with Crippen LogP contribution < -0.4 is 0 Å². The van der Waals surface area contributed by atoms with Crippen LogP contribution in [-0.4, -0.2) is 60.7 Å². The molecular weight excluding hydrogens is 638 g/mol. The lowest BCUT2D eigenvalue weighted by molar-refractivity contribution is -0.348. The van der Waals surface area contributed by atoms with Crippen molar-refractivity contribution in [2.75, 3.05) is 6.54 Å². The number of hydrogen-bond donors (Lipinski definition) is 2. The van der Waals surface area contributed by atoms with Crippen LogP contribution in [0.5, 0.6) is 0 Å². The summed E-state index contributed by atoms with van der Waals surface area (Å²) in [6, 6.07) is 3.95. The molecule has 4 fully saturated rings. The fraction of sp³-hybridized carbons (Fsp3) is 0.567. The van der Waals surface area contributed by atoms with Gasteiger partial charge in [0.2, 0.25) is 5.91 Å². The molecule has 4 aliphatic carbocycles. The third kappa shape index (κ3) is 4.24. The molecule has 2 atom stereocenters. The number of amides is 1. The Morgan fingerprint density at radius 2 is 1.40 bits per heavy atom. The highest BCUT2D eigenvalue weighted by molar-refractivity contribution is 7.92. The number of aliphatic hydroxyl groups excluding tert-OH is 1. The SMILES string of the molecule is O=C(N1CCC2(S(=O)(=O)c3ccc(F)cc3)c3ccc(C(F)(C(F)(F)F)C(F)(F)F)cc3CC12)C12CCC(C(O)O)(CC1)CC2. The summed E-state index contributed by atoms with van der Waals surface area (Å²) in [6.45, 7) is -0.0984. The predicted molar refractivity (Wildman–Crippen MR) is 141 cm³/mol. The number of rotatable bonds is 5. The lowest BCUT2D eigenvalue weighted by Gasteiger charge is -2.54. The monoisotopic (exact) mass is 667 g/mol. The van der Waals surface area contributed by atoms with Crippen LogP contribution in [-0.2, 0) is 31.5 Å². The zero-order valence-electron chi connectivity index (χ0n) is 23.6. The van der Waals surface area contributed by atoms with Gasteiger partial charge in [-0.3, -0.25) is 4.79 Å². The Balaban J connectivity index is 1.46. The smallest absolute Gasteiger partial charge is 0.368 e. The van der Waals surface area contributed by atoms with Crippen molar-refractivity contribution < 1.29 is 58.5 Å². The molecule has 5 aliphatic rings. The number of carbonyl (C=O) groups excluding carboxylic acids is 1. The van der Waals surface area contributed by atoms with Crippen molar-refractivity contribution in [3.63, 3.8) is 0 Å². The first-order chi connectivity index (χ1) is 20.8. The van der Waals surface area contributed by atoms with Gasteiger partial charge in [0.15, 0.2) is 16.1 Å². The van der Waals surface area contributed by atoms with Gasteiger partial charge in [-0.25, -0.2) is 17.2 Å². The summed E-state index contributed by atoms with van der Waals surface area (Å²) in [5.41, 5.74) is -9.65. The Morgan fingerprint density at radius 1 is 0.844 bits per heavy atom. The second-order valence-electron chi connectivity index (χ2n) is 12.9. The number of hydrogen-bond acceptors (Lipinski definition) is 5. The molecule has 1 aliphatic heterocycles. The Morgan fingerprint density at radius 3 is 1.91 bits per heavy atom. The molecule has 2 bridgehead atoms. The van der Waals surface area contributed by atoms with E-state index in [1.165, 1.54) is 4.90 Å². The first-order valence-corrected chi connectivity index (χ1v) is 15.9. The molecule has 2 aromatic carbocycles. The fourth-order valence-corrected chi connectivity index (χ4v) is 10.6. The third-order valence-corrected chi connectivity index (χ3v) is 13.5. The van der Waals surface area contributed by atoms with Crippen LogP contribution in [0.15, 0.2) is 47.4 Å². The van der Waals surface area contributed by atoms with E-state index in [-0.39, 0.29) is 54.3 Å². The highest BCUT2D eigenvalue weighted by atomic mass is 32.2. The number of nitrogens with zero attached hydrogens (tertiary/aromatic N) is 1. The summed E-state index contributed by atoms with van der Waals surface area (Å²) in [4.78, 5) is 15.2.